The number of halogens is 1. The number of anilines is 1. The first-order chi connectivity index (χ1) is 21.5. The molecule has 3 heterocycles. The topological polar surface area (TPSA) is 133 Å². The normalized spacial score (nSPS) is 11.8. The molecule has 0 aliphatic heterocycles. The van der Waals surface area contributed by atoms with Crippen molar-refractivity contribution in [3.8, 4) is 17.4 Å². The fourth-order valence-corrected chi connectivity index (χ4v) is 5.75. The maximum Gasteiger partial charge on any atom is 0.232 e. The van der Waals surface area contributed by atoms with Crippen molar-refractivity contribution in [1.29, 1.82) is 0 Å². The minimum absolute atomic E-state index is 0.0530. The van der Waals surface area contributed by atoms with Crippen LogP contribution in [0.2, 0.25) is 0 Å². The number of benzene rings is 3. The van der Waals surface area contributed by atoms with Gasteiger partial charge in [-0.15, -0.1) is 0 Å². The number of ether oxygens (including phenoxy) is 2. The van der Waals surface area contributed by atoms with Gasteiger partial charge in [-0.2, -0.15) is 4.98 Å². The lowest BCUT2D eigenvalue weighted by Crippen LogP contribution is -2.25. The van der Waals surface area contributed by atoms with Crippen LogP contribution >= 0.6 is 0 Å². The molecule has 1 N–H and O–H groups in total. The highest BCUT2D eigenvalue weighted by Crippen LogP contribution is 2.47. The Hall–Kier alpha value is -5.17. The molecule has 0 saturated carbocycles. The average Bonchev–Trinajstić information content (AvgIpc) is 3.57. The minimum Gasteiger partial charge on any atom is -0.497 e. The molecule has 0 bridgehead atoms. The van der Waals surface area contributed by atoms with Gasteiger partial charge in [0.15, 0.2) is 11.6 Å². The van der Waals surface area contributed by atoms with E-state index in [1.165, 1.54) is 23.7 Å². The van der Waals surface area contributed by atoms with E-state index in [0.717, 1.165) is 27.3 Å². The Balaban J connectivity index is 1.58. The summed E-state index contributed by atoms with van der Waals surface area (Å²) in [6.07, 6.45) is 4.83. The van der Waals surface area contributed by atoms with Crippen molar-refractivity contribution in [2.24, 2.45) is 0 Å². The van der Waals surface area contributed by atoms with E-state index in [2.05, 4.69) is 10.1 Å². The number of hydrogen-bond acceptors (Lipinski definition) is 9. The first-order valence-electron chi connectivity index (χ1n) is 13.9. The van der Waals surface area contributed by atoms with E-state index in [9.17, 15) is 17.9 Å². The molecule has 0 spiro atoms. The first kappa shape index (κ1) is 29.9. The predicted octanol–water partition coefficient (Wildman–Crippen LogP) is 5.35. The zero-order valence-corrected chi connectivity index (χ0v) is 25.8. The molecule has 13 heteroatoms. The Morgan fingerprint density at radius 3 is 2.40 bits per heavy atom. The quantitative estimate of drug-likeness (QED) is 0.213. The van der Waals surface area contributed by atoms with Gasteiger partial charge in [0.25, 0.3) is 0 Å². The monoisotopic (exact) mass is 631 g/mol. The van der Waals surface area contributed by atoms with Crippen LogP contribution in [0.1, 0.15) is 28.4 Å². The van der Waals surface area contributed by atoms with Crippen molar-refractivity contribution in [3.63, 3.8) is 0 Å². The van der Waals surface area contributed by atoms with Crippen LogP contribution in [0.5, 0.6) is 17.4 Å². The number of hydrogen-bond donors (Lipinski definition) is 1. The van der Waals surface area contributed by atoms with Crippen LogP contribution in [-0.2, 0) is 29.6 Å². The number of aryl methyl sites for hydroxylation is 1. The highest BCUT2D eigenvalue weighted by molar-refractivity contribution is 7.92. The van der Waals surface area contributed by atoms with Gasteiger partial charge in [0.2, 0.25) is 21.8 Å². The third-order valence-corrected chi connectivity index (χ3v) is 8.68. The van der Waals surface area contributed by atoms with Crippen molar-refractivity contribution in [2.45, 2.75) is 26.5 Å². The Kier molecular flexibility index (Phi) is 7.79. The Morgan fingerprint density at radius 1 is 1.04 bits per heavy atom. The van der Waals surface area contributed by atoms with Gasteiger partial charge in [-0.25, -0.2) is 12.8 Å². The summed E-state index contributed by atoms with van der Waals surface area (Å²) in [5.74, 6) is 1.14. The van der Waals surface area contributed by atoms with Crippen LogP contribution < -0.4 is 13.8 Å². The number of fused-ring (bicyclic) bond motifs is 2. The van der Waals surface area contributed by atoms with Crippen molar-refractivity contribution < 1.29 is 31.9 Å². The Labute approximate surface area is 258 Å². The highest BCUT2D eigenvalue weighted by Gasteiger charge is 2.28. The van der Waals surface area contributed by atoms with E-state index in [0.29, 0.717) is 45.9 Å². The molecule has 3 aromatic heterocycles. The van der Waals surface area contributed by atoms with Crippen molar-refractivity contribution in [3.05, 3.63) is 101 Å². The molecule has 0 atom stereocenters. The van der Waals surface area contributed by atoms with E-state index < -0.39 is 10.0 Å². The van der Waals surface area contributed by atoms with Crippen molar-refractivity contribution in [1.82, 2.24) is 19.7 Å². The summed E-state index contributed by atoms with van der Waals surface area (Å²) in [5, 5.41) is 16.7. The van der Waals surface area contributed by atoms with E-state index in [1.54, 1.807) is 38.6 Å². The number of sulfonamides is 1. The van der Waals surface area contributed by atoms with Crippen molar-refractivity contribution in [2.75, 3.05) is 24.7 Å². The highest BCUT2D eigenvalue weighted by atomic mass is 32.2. The summed E-state index contributed by atoms with van der Waals surface area (Å²) in [5.41, 5.74) is 3.12. The maximum absolute atomic E-state index is 13.6. The number of nitrogens with zero attached hydrogens (tertiary/aromatic N) is 5. The van der Waals surface area contributed by atoms with Gasteiger partial charge in [-0.1, -0.05) is 29.4 Å². The third-order valence-electron chi connectivity index (χ3n) is 7.50. The van der Waals surface area contributed by atoms with E-state index in [4.69, 9.17) is 19.0 Å². The van der Waals surface area contributed by atoms with Gasteiger partial charge in [-0.3, -0.25) is 9.29 Å². The molecule has 0 radical (unpaired) electrons. The molecule has 232 valence electrons. The van der Waals surface area contributed by atoms with Gasteiger partial charge < -0.3 is 23.7 Å². The van der Waals surface area contributed by atoms with Gasteiger partial charge >= 0.3 is 0 Å². The molecule has 0 amide bonds. The zero-order chi connectivity index (χ0) is 31.9. The molecule has 0 aliphatic rings. The lowest BCUT2D eigenvalue weighted by atomic mass is 10.0. The summed E-state index contributed by atoms with van der Waals surface area (Å²) in [7, 11) is -0.733. The Bertz CT molecular complexity index is 2130. The van der Waals surface area contributed by atoms with Crippen LogP contribution in [0.15, 0.2) is 71.5 Å². The summed E-state index contributed by atoms with van der Waals surface area (Å²) >= 11 is 0. The van der Waals surface area contributed by atoms with Crippen LogP contribution in [0.25, 0.3) is 21.7 Å². The van der Waals surface area contributed by atoms with Gasteiger partial charge in [0.1, 0.15) is 23.7 Å². The smallest absolute Gasteiger partial charge is 0.232 e. The molecule has 6 aromatic rings. The zero-order valence-electron chi connectivity index (χ0n) is 25.0. The van der Waals surface area contributed by atoms with E-state index in [-0.39, 0.29) is 36.0 Å². The van der Waals surface area contributed by atoms with Gasteiger partial charge in [-0.05, 0) is 53.4 Å². The minimum atomic E-state index is -3.77. The van der Waals surface area contributed by atoms with Crippen LogP contribution in [-0.4, -0.2) is 53.6 Å². The Morgan fingerprint density at radius 2 is 1.76 bits per heavy atom. The van der Waals surface area contributed by atoms with Gasteiger partial charge in [0.05, 0.1) is 31.0 Å². The molecular formula is C32H30FN5O6S. The number of aromatic hydroxyl groups is 1. The van der Waals surface area contributed by atoms with Crippen LogP contribution in [0.3, 0.4) is 0 Å². The third kappa shape index (κ3) is 5.98. The standard InChI is InChI=1S/C32H30FN5O6S/c1-19-35-27(36-44-19)17-38-16-26-28(32(38)39)31(43-18-21-7-11-24(42-3)12-8-21)29-25(30(26)37(2)45(4,40)41)14-22(15-34-29)13-20-5-9-23(33)10-6-20/h5-12,14-16,39H,13,17-18H2,1-4H3. The summed E-state index contributed by atoms with van der Waals surface area (Å²) in [6.45, 7) is 1.84. The summed E-state index contributed by atoms with van der Waals surface area (Å²) in [6, 6.07) is 15.4. The maximum atomic E-state index is 13.6. The number of methoxy groups -OCH3 is 1. The molecule has 11 nitrogen and oxygen atoms in total. The number of rotatable bonds is 10. The average molecular weight is 632 g/mol. The first-order valence-corrected chi connectivity index (χ1v) is 15.8. The molecular weight excluding hydrogens is 601 g/mol. The van der Waals surface area contributed by atoms with Crippen molar-refractivity contribution >= 4 is 37.4 Å². The molecule has 6 rings (SSSR count). The molecule has 0 aliphatic carbocycles. The predicted molar refractivity (Wildman–Crippen MR) is 167 cm³/mol. The van der Waals surface area contributed by atoms with E-state index in [1.807, 2.05) is 30.3 Å². The second kappa shape index (κ2) is 11.7. The molecule has 45 heavy (non-hydrogen) atoms. The molecule has 3 aromatic carbocycles. The fraction of sp³-hybridized carbons (Fsp3) is 0.219. The largest absolute Gasteiger partial charge is 0.497 e. The lowest BCUT2D eigenvalue weighted by Gasteiger charge is -2.22. The SMILES string of the molecule is COc1ccc(COc2c3ncc(Cc4ccc(F)cc4)cc3c(N(C)S(C)(=O)=O)c3cn(Cc4noc(C)n4)c(O)c23)cc1. The van der Waals surface area contributed by atoms with Crippen LogP contribution in [0.4, 0.5) is 10.1 Å². The molecule has 0 saturated heterocycles. The van der Waals surface area contributed by atoms with Gasteiger partial charge in [0, 0.05) is 37.1 Å². The second-order valence-electron chi connectivity index (χ2n) is 10.7. The molecule has 0 fully saturated rings. The fourth-order valence-electron chi connectivity index (χ4n) is 5.22. The van der Waals surface area contributed by atoms with E-state index >= 15 is 0 Å². The second-order valence-corrected chi connectivity index (χ2v) is 12.7. The summed E-state index contributed by atoms with van der Waals surface area (Å²) < 4.78 is 59.0. The summed E-state index contributed by atoms with van der Waals surface area (Å²) in [4.78, 5) is 8.99. The lowest BCUT2D eigenvalue weighted by molar-refractivity contribution is 0.311. The number of aromatic nitrogens is 4. The number of pyridine rings is 1. The van der Waals surface area contributed by atoms with Crippen LogP contribution in [0, 0.1) is 12.7 Å². The molecule has 0 unspecified atom stereocenters.